The molecule has 342 valence electrons. The Morgan fingerprint density at radius 2 is 1.74 bits per heavy atom. The zero-order valence-electron chi connectivity index (χ0n) is 34.1. The van der Waals surface area contributed by atoms with Crippen molar-refractivity contribution >= 4 is 49.1 Å². The van der Waals surface area contributed by atoms with Crippen LogP contribution in [-0.2, 0) is 43.9 Å². The van der Waals surface area contributed by atoms with Gasteiger partial charge in [0.05, 0.1) is 38.4 Å². The van der Waals surface area contributed by atoms with Gasteiger partial charge in [0, 0.05) is 49.3 Å². The van der Waals surface area contributed by atoms with Crippen molar-refractivity contribution in [2.75, 3.05) is 37.8 Å². The highest BCUT2D eigenvalue weighted by molar-refractivity contribution is 8.06. The van der Waals surface area contributed by atoms with Crippen LogP contribution in [0.3, 0.4) is 0 Å². The molecule has 1 aliphatic carbocycles. The zero-order valence-corrected chi connectivity index (χ0v) is 36.7. The fraction of sp³-hybridized carbons (Fsp3) is 0.618. The highest BCUT2D eigenvalue weighted by atomic mass is 32.5. The SMILES string of the molecule is CCCCNP(=O)(OC[C@H]1C[C@@H](n2cnc3c(N)ncnc32)C[C@H]1O)O[C@@H]1C[C@H](n2cc(C)c(=O)[nH]c2=O)O[C@@H]1COP([O-])(=S)O[C@@H]1C[C@H](n2ccc(N)nc2=O)O[C@@H]1CO.[NH4+]. The maximum atomic E-state index is 14.6. The minimum absolute atomic E-state index is 0. The Kier molecular flexibility index (Phi) is 15.3. The van der Waals surface area contributed by atoms with Gasteiger partial charge < -0.3 is 55.8 Å². The summed E-state index contributed by atoms with van der Waals surface area (Å²) in [5, 5.41) is 24.0. The van der Waals surface area contributed by atoms with Crippen LogP contribution in [0.15, 0.2) is 45.5 Å². The smallest absolute Gasteiger partial charge is 0.405 e. The molecule has 2 saturated heterocycles. The molecule has 0 aromatic carbocycles. The highest BCUT2D eigenvalue weighted by Gasteiger charge is 2.45. The molecule has 0 radical (unpaired) electrons. The number of aromatic nitrogens is 8. The first-order valence-corrected chi connectivity index (χ1v) is 23.7. The third-order valence-electron chi connectivity index (χ3n) is 10.8. The standard InChI is InChI=1S/C34H49N11O13P2S.H3N/c1-3-4-6-40-59(51,53-14-19-8-20(9-21(19)47)45-17-39-29-30(36)37-16-38-31(29)45)57-23-11-28(44-12-18(2)32(48)42-34(44)50)56-25(23)15-54-60(52,61)58-22-10-27(55-24(22)13-46)43-7-5-26(35)41-33(43)49;/h5,7,12,16-17,19-25,27-28,46-47H,3-4,6,8-11,13-15H2,1-2H3,(H,40,51)(H,52,61)(H2,35,41,49)(H2,36,37,38)(H,42,48,50);1H3/t19-,20-,21-,22-,23-,24-,25-,27-,28-,59?,60?;/m1./s1. The number of nitrogen functional groups attached to an aromatic ring is 2. The van der Waals surface area contributed by atoms with Gasteiger partial charge >= 0.3 is 19.1 Å². The molecular weight excluding hydrogens is 878 g/mol. The second-order valence-corrected chi connectivity index (χ2v) is 19.5. The lowest BCUT2D eigenvalue weighted by Gasteiger charge is -2.33. The number of imidazole rings is 1. The van der Waals surface area contributed by atoms with Crippen molar-refractivity contribution in [3.8, 4) is 0 Å². The van der Waals surface area contributed by atoms with E-state index in [0.717, 1.165) is 15.6 Å². The lowest BCUT2D eigenvalue weighted by Crippen LogP contribution is -2.34. The van der Waals surface area contributed by atoms with Crippen molar-refractivity contribution < 1.29 is 47.2 Å². The van der Waals surface area contributed by atoms with E-state index in [4.69, 9.17) is 50.8 Å². The Labute approximate surface area is 358 Å². The van der Waals surface area contributed by atoms with Crippen LogP contribution in [0.5, 0.6) is 0 Å². The monoisotopic (exact) mass is 930 g/mol. The summed E-state index contributed by atoms with van der Waals surface area (Å²) in [5.41, 5.74) is 10.6. The van der Waals surface area contributed by atoms with E-state index in [1.54, 1.807) is 6.33 Å². The Hall–Kier alpha value is -3.85. The molecule has 3 aliphatic rings. The van der Waals surface area contributed by atoms with E-state index < -0.39 is 93.5 Å². The van der Waals surface area contributed by atoms with Crippen LogP contribution in [0.1, 0.15) is 69.5 Å². The quantitative estimate of drug-likeness (QED) is 0.0519. The van der Waals surface area contributed by atoms with Crippen LogP contribution in [0.2, 0.25) is 0 Å². The minimum atomic E-state index is -4.42. The van der Waals surface area contributed by atoms with Gasteiger partial charge in [-0.1, -0.05) is 25.2 Å². The molecule has 2 unspecified atom stereocenters. The Morgan fingerprint density at radius 1 is 1.02 bits per heavy atom. The second kappa shape index (κ2) is 19.9. The van der Waals surface area contributed by atoms with Crippen LogP contribution in [0.4, 0.5) is 11.6 Å². The molecule has 2 aliphatic heterocycles. The molecule has 0 spiro atoms. The number of nitrogens with zero attached hydrogens (tertiary/aromatic N) is 7. The van der Waals surface area contributed by atoms with Crippen molar-refractivity contribution in [3.05, 3.63) is 68.0 Å². The summed E-state index contributed by atoms with van der Waals surface area (Å²) >= 11 is 5.24. The van der Waals surface area contributed by atoms with E-state index in [2.05, 4.69) is 30.0 Å². The second-order valence-electron chi connectivity index (χ2n) is 15.1. The van der Waals surface area contributed by atoms with Crippen molar-refractivity contribution in [3.63, 3.8) is 0 Å². The van der Waals surface area contributed by atoms with Gasteiger partial charge in [-0.05, 0) is 32.3 Å². The van der Waals surface area contributed by atoms with Gasteiger partial charge in [0.2, 0.25) is 0 Å². The van der Waals surface area contributed by atoms with E-state index in [1.807, 2.05) is 11.5 Å². The van der Waals surface area contributed by atoms with Gasteiger partial charge in [-0.2, -0.15) is 4.98 Å². The number of hydrogen-bond acceptors (Lipinski definition) is 20. The first-order valence-electron chi connectivity index (χ1n) is 19.6. The van der Waals surface area contributed by atoms with Gasteiger partial charge in [0.15, 0.2) is 11.5 Å². The van der Waals surface area contributed by atoms with Crippen LogP contribution in [-0.4, -0.2) is 106 Å². The normalized spacial score (nSPS) is 28.2. The molecule has 4 aromatic heterocycles. The summed E-state index contributed by atoms with van der Waals surface area (Å²) in [4.78, 5) is 69.8. The summed E-state index contributed by atoms with van der Waals surface area (Å²) < 4.78 is 54.2. The molecule has 28 heteroatoms. The molecule has 7 rings (SSSR count). The number of aromatic amines is 1. The Balaban J connectivity index is 0.00000641. The number of quaternary nitrogens is 1. The third-order valence-corrected chi connectivity index (χ3v) is 14.0. The Bertz CT molecular complexity index is 2470. The molecule has 6 heterocycles. The van der Waals surface area contributed by atoms with E-state index in [9.17, 15) is 34.1 Å². The van der Waals surface area contributed by atoms with Crippen LogP contribution < -0.4 is 44.5 Å². The predicted octanol–water partition coefficient (Wildman–Crippen LogP) is 0.248. The van der Waals surface area contributed by atoms with Crippen LogP contribution in [0.25, 0.3) is 11.2 Å². The molecule has 3 fully saturated rings. The Morgan fingerprint density at radius 3 is 2.47 bits per heavy atom. The average molecular weight is 931 g/mol. The average Bonchev–Trinajstić information content (AvgIpc) is 4.00. The molecule has 0 bridgehead atoms. The summed E-state index contributed by atoms with van der Waals surface area (Å²) in [6.07, 6.45) is 0.105. The zero-order chi connectivity index (χ0) is 43.6. The molecule has 11 atom stereocenters. The fourth-order valence-electron chi connectivity index (χ4n) is 7.58. The van der Waals surface area contributed by atoms with Gasteiger partial charge in [-0.3, -0.25) is 28.0 Å². The lowest BCUT2D eigenvalue weighted by molar-refractivity contribution is -0.215. The number of ether oxygens (including phenoxy) is 2. The van der Waals surface area contributed by atoms with Crippen molar-refractivity contribution in [1.82, 2.24) is 49.9 Å². The number of rotatable bonds is 18. The number of H-pyrrole nitrogens is 1. The maximum absolute atomic E-state index is 14.6. The predicted molar refractivity (Wildman–Crippen MR) is 223 cm³/mol. The number of fused-ring (bicyclic) bond motifs is 1. The van der Waals surface area contributed by atoms with Gasteiger partial charge in [0.25, 0.3) is 5.56 Å². The number of nitrogens with one attached hydrogen (secondary N) is 2. The molecule has 1 saturated carbocycles. The van der Waals surface area contributed by atoms with Crippen LogP contribution >= 0.6 is 14.5 Å². The molecule has 25 nitrogen and oxygen atoms in total. The van der Waals surface area contributed by atoms with Crippen molar-refractivity contribution in [1.29, 1.82) is 0 Å². The van der Waals surface area contributed by atoms with Crippen molar-refractivity contribution in [2.45, 2.75) is 101 Å². The van der Waals surface area contributed by atoms with Crippen molar-refractivity contribution in [2.24, 2.45) is 5.92 Å². The number of nitrogens with two attached hydrogens (primary N) is 2. The van der Waals surface area contributed by atoms with E-state index >= 15 is 0 Å². The number of aryl methyl sites for hydroxylation is 1. The minimum Gasteiger partial charge on any atom is -0.780 e. The summed E-state index contributed by atoms with van der Waals surface area (Å²) in [5.74, 6) is -0.263. The van der Waals surface area contributed by atoms with Gasteiger partial charge in [0.1, 0.15) is 55.1 Å². The summed E-state index contributed by atoms with van der Waals surface area (Å²) in [6.45, 7) is -2.07. The molecule has 12 N–H and O–H groups in total. The van der Waals surface area contributed by atoms with Gasteiger partial charge in [-0.25, -0.2) is 34.2 Å². The fourth-order valence-corrected chi connectivity index (χ4v) is 10.7. The van der Waals surface area contributed by atoms with E-state index in [1.165, 1.54) is 31.7 Å². The molecule has 62 heavy (non-hydrogen) atoms. The first kappa shape index (κ1) is 47.6. The number of anilines is 2. The summed E-state index contributed by atoms with van der Waals surface area (Å²) in [7, 11) is -4.24. The third kappa shape index (κ3) is 10.7. The first-order chi connectivity index (χ1) is 29.1. The van der Waals surface area contributed by atoms with E-state index in [0.29, 0.717) is 30.4 Å². The van der Waals surface area contributed by atoms with Crippen LogP contribution in [0, 0.1) is 12.8 Å². The number of aliphatic hydroxyl groups excluding tert-OH is 2. The molecular formula is C34H52N12O13P2S. The maximum Gasteiger partial charge on any atom is 0.405 e. The number of aliphatic hydroxyl groups is 2. The van der Waals surface area contributed by atoms with E-state index in [-0.39, 0.29) is 55.4 Å². The summed E-state index contributed by atoms with van der Waals surface area (Å²) in [6, 6.07) is 1.15. The largest absolute Gasteiger partial charge is 0.780 e. The number of hydrogen-bond donors (Lipinski definition) is 7. The lowest BCUT2D eigenvalue weighted by atomic mass is 10.1. The van der Waals surface area contributed by atoms with Gasteiger partial charge in [-0.15, -0.1) is 0 Å². The highest BCUT2D eigenvalue weighted by Crippen LogP contribution is 2.51. The number of unbranched alkanes of at least 4 members (excludes halogenated alkanes) is 1. The topological polar surface area (TPSA) is 370 Å². The molecule has 0 amide bonds. The molecule has 4 aromatic rings.